The topological polar surface area (TPSA) is 31.0 Å². The molecule has 3 nitrogen and oxygen atoms in total. The van der Waals surface area contributed by atoms with Crippen molar-refractivity contribution in [1.29, 1.82) is 0 Å². The van der Waals surface area contributed by atoms with Crippen LogP contribution in [-0.2, 0) is 6.42 Å². The molecule has 0 bridgehead atoms. The van der Waals surface area contributed by atoms with Gasteiger partial charge in [0.05, 0.1) is 0 Å². The third kappa shape index (κ3) is 7.20. The maximum Gasteiger partial charge on any atom is 0.144 e. The highest BCUT2D eigenvalue weighted by Gasteiger charge is 2.27. The van der Waals surface area contributed by atoms with Crippen molar-refractivity contribution in [1.82, 2.24) is 9.55 Å². The number of furan rings is 1. The number of hydrogen-bond acceptors (Lipinski definition) is 2. The fourth-order valence-electron chi connectivity index (χ4n) is 6.27. The number of nitrogens with zero attached hydrogens (tertiary/aromatic N) is 2. The van der Waals surface area contributed by atoms with Crippen LogP contribution in [0.2, 0.25) is 0 Å². The first kappa shape index (κ1) is 31.8. The summed E-state index contributed by atoms with van der Waals surface area (Å²) in [5, 5.41) is 1.19. The van der Waals surface area contributed by atoms with Crippen molar-refractivity contribution in [2.75, 3.05) is 0 Å². The molecule has 2 aromatic carbocycles. The van der Waals surface area contributed by atoms with Crippen LogP contribution in [0.25, 0.3) is 34.1 Å². The van der Waals surface area contributed by atoms with Crippen molar-refractivity contribution in [3.8, 4) is 11.4 Å². The van der Waals surface area contributed by atoms with Crippen LogP contribution in [0.1, 0.15) is 104 Å². The SMILES string of the molecule is CC(C)C(C)C.CC(C)CC1=CC(c2ccccc2)CC(CC(C)C)=C1n1ccnc1-c1ccc2oc3c(c2c1)C=CCC3. The molecule has 1 atom stereocenters. The van der Waals surface area contributed by atoms with Crippen LogP contribution in [0.4, 0.5) is 0 Å². The van der Waals surface area contributed by atoms with Crippen molar-refractivity contribution in [3.05, 3.63) is 101 Å². The molecule has 0 radical (unpaired) electrons. The quantitative estimate of drug-likeness (QED) is 0.205. The predicted octanol–water partition coefficient (Wildman–Crippen LogP) is 12.0. The Labute approximate surface area is 265 Å². The zero-order valence-electron chi connectivity index (χ0n) is 28.2. The zero-order valence-corrected chi connectivity index (χ0v) is 28.2. The number of aryl methyl sites for hydroxylation is 1. The third-order valence-corrected chi connectivity index (χ3v) is 9.12. The number of benzene rings is 2. The van der Waals surface area contributed by atoms with Crippen LogP contribution in [-0.4, -0.2) is 9.55 Å². The summed E-state index contributed by atoms with van der Waals surface area (Å²) in [7, 11) is 0. The van der Waals surface area contributed by atoms with Gasteiger partial charge in [0.1, 0.15) is 17.2 Å². The number of imidazole rings is 1. The zero-order chi connectivity index (χ0) is 31.4. The maximum absolute atomic E-state index is 6.19. The van der Waals surface area contributed by atoms with E-state index in [1.165, 1.54) is 33.4 Å². The minimum atomic E-state index is 0.412. The molecule has 44 heavy (non-hydrogen) atoms. The third-order valence-electron chi connectivity index (χ3n) is 9.12. The molecule has 2 aliphatic carbocycles. The minimum absolute atomic E-state index is 0.412. The van der Waals surface area contributed by atoms with Gasteiger partial charge in [-0.2, -0.15) is 0 Å². The van der Waals surface area contributed by atoms with Crippen LogP contribution < -0.4 is 0 Å². The average Bonchev–Trinajstić information content (AvgIpc) is 3.62. The van der Waals surface area contributed by atoms with Crippen LogP contribution in [0.5, 0.6) is 0 Å². The van der Waals surface area contributed by atoms with E-state index in [0.717, 1.165) is 66.7 Å². The number of aromatic nitrogens is 2. The molecule has 0 aliphatic heterocycles. The summed E-state index contributed by atoms with van der Waals surface area (Å²) in [6.45, 7) is 18.3. The van der Waals surface area contributed by atoms with E-state index in [1.807, 2.05) is 6.20 Å². The second-order valence-corrected chi connectivity index (χ2v) is 14.3. The molecule has 4 aromatic rings. The maximum atomic E-state index is 6.19. The summed E-state index contributed by atoms with van der Waals surface area (Å²) >= 11 is 0. The Bertz CT molecular complexity index is 1630. The van der Waals surface area contributed by atoms with E-state index in [1.54, 1.807) is 0 Å². The van der Waals surface area contributed by atoms with Crippen molar-refractivity contribution >= 4 is 22.7 Å². The Balaban J connectivity index is 0.000000584. The Hall–Kier alpha value is -3.59. The molecule has 2 heterocycles. The number of allylic oxidation sites excluding steroid dienone is 5. The van der Waals surface area contributed by atoms with Gasteiger partial charge >= 0.3 is 0 Å². The first-order valence-corrected chi connectivity index (χ1v) is 16.9. The monoisotopic (exact) mass is 588 g/mol. The molecule has 0 fully saturated rings. The first-order valence-electron chi connectivity index (χ1n) is 16.9. The van der Waals surface area contributed by atoms with Crippen molar-refractivity contribution in [2.45, 2.75) is 93.4 Å². The Morgan fingerprint density at radius 1 is 0.886 bits per heavy atom. The van der Waals surface area contributed by atoms with Crippen LogP contribution in [0, 0.1) is 23.7 Å². The van der Waals surface area contributed by atoms with Crippen LogP contribution in [0.15, 0.2) is 88.6 Å². The Morgan fingerprint density at radius 3 is 2.30 bits per heavy atom. The molecule has 0 spiro atoms. The van der Waals surface area contributed by atoms with E-state index in [-0.39, 0.29) is 0 Å². The van der Waals surface area contributed by atoms with Gasteiger partial charge in [-0.15, -0.1) is 0 Å². The number of hydrogen-bond donors (Lipinski definition) is 0. The molecule has 0 N–H and O–H groups in total. The summed E-state index contributed by atoms with van der Waals surface area (Å²) < 4.78 is 8.56. The Morgan fingerprint density at radius 2 is 1.61 bits per heavy atom. The molecule has 2 aliphatic rings. The molecule has 2 aromatic heterocycles. The standard InChI is InChI=1S/C35H38N2O.C6H14/c1-23(2)18-28-20-27(25-10-6-5-7-11-25)21-29(19-24(3)4)34(28)37-17-16-36-35(37)26-14-15-33-31(22-26)30-12-8-9-13-32(30)38-33;1-5(2)6(3)4/h5-8,10-12,14-17,20,22-24,27H,9,13,18-19,21H2,1-4H3;5-6H,1-4H3. The van der Waals surface area contributed by atoms with E-state index in [9.17, 15) is 0 Å². The van der Waals surface area contributed by atoms with Crippen molar-refractivity contribution in [2.24, 2.45) is 23.7 Å². The normalized spacial score (nSPS) is 16.6. The fourth-order valence-corrected chi connectivity index (χ4v) is 6.27. The van der Waals surface area contributed by atoms with E-state index in [0.29, 0.717) is 17.8 Å². The Kier molecular flexibility index (Phi) is 10.1. The predicted molar refractivity (Wildman–Crippen MR) is 188 cm³/mol. The summed E-state index contributed by atoms with van der Waals surface area (Å²) in [6, 6.07) is 17.6. The molecule has 3 heteroatoms. The van der Waals surface area contributed by atoms with Gasteiger partial charge in [0.15, 0.2) is 0 Å². The van der Waals surface area contributed by atoms with Crippen molar-refractivity contribution < 1.29 is 4.42 Å². The van der Waals surface area contributed by atoms with E-state index < -0.39 is 0 Å². The van der Waals surface area contributed by atoms with Gasteiger partial charge in [0.25, 0.3) is 0 Å². The number of fused-ring (bicyclic) bond motifs is 3. The summed E-state index contributed by atoms with van der Waals surface area (Å²) in [5.41, 5.74) is 9.08. The molecule has 0 amide bonds. The second kappa shape index (κ2) is 14.0. The highest BCUT2D eigenvalue weighted by atomic mass is 16.3. The summed E-state index contributed by atoms with van der Waals surface area (Å²) in [4.78, 5) is 4.92. The lowest BCUT2D eigenvalue weighted by molar-refractivity contribution is 0.457. The van der Waals surface area contributed by atoms with Gasteiger partial charge in [-0.3, -0.25) is 4.57 Å². The molecule has 6 rings (SSSR count). The fraction of sp³-hybridized carbons (Fsp3) is 0.439. The lowest BCUT2D eigenvalue weighted by Crippen LogP contribution is -2.15. The minimum Gasteiger partial charge on any atom is -0.460 e. The molecule has 0 saturated carbocycles. The lowest BCUT2D eigenvalue weighted by atomic mass is 9.79. The van der Waals surface area contributed by atoms with Crippen molar-refractivity contribution in [3.63, 3.8) is 0 Å². The van der Waals surface area contributed by atoms with Gasteiger partial charge in [-0.1, -0.05) is 104 Å². The smallest absolute Gasteiger partial charge is 0.144 e. The van der Waals surface area contributed by atoms with E-state index in [2.05, 4.69) is 133 Å². The second-order valence-electron chi connectivity index (χ2n) is 14.3. The van der Waals surface area contributed by atoms with Gasteiger partial charge in [0.2, 0.25) is 0 Å². The molecular formula is C41H52N2O. The highest BCUT2D eigenvalue weighted by Crippen LogP contribution is 2.43. The largest absolute Gasteiger partial charge is 0.460 e. The van der Waals surface area contributed by atoms with E-state index in [4.69, 9.17) is 9.40 Å². The van der Waals surface area contributed by atoms with Gasteiger partial charge < -0.3 is 4.42 Å². The van der Waals surface area contributed by atoms with Crippen LogP contribution in [0.3, 0.4) is 0 Å². The van der Waals surface area contributed by atoms with Crippen LogP contribution >= 0.6 is 0 Å². The molecule has 0 saturated heterocycles. The molecular weight excluding hydrogens is 536 g/mol. The van der Waals surface area contributed by atoms with Gasteiger partial charge in [-0.25, -0.2) is 4.98 Å². The first-order chi connectivity index (χ1) is 21.1. The summed E-state index contributed by atoms with van der Waals surface area (Å²) in [6.07, 6.45) is 16.3. The number of rotatable bonds is 8. The van der Waals surface area contributed by atoms with Gasteiger partial charge in [0, 0.05) is 46.9 Å². The average molecular weight is 589 g/mol. The summed E-state index contributed by atoms with van der Waals surface area (Å²) in [5.74, 6) is 5.38. The van der Waals surface area contributed by atoms with Gasteiger partial charge in [-0.05, 0) is 84.3 Å². The lowest BCUT2D eigenvalue weighted by Gasteiger charge is -2.30. The van der Waals surface area contributed by atoms with E-state index >= 15 is 0 Å². The molecule has 1 unspecified atom stereocenters. The molecule has 232 valence electrons. The highest BCUT2D eigenvalue weighted by molar-refractivity contribution is 5.92.